The first-order valence-electron chi connectivity index (χ1n) is 16.2. The monoisotopic (exact) mass is 726 g/mol. The maximum Gasteiger partial charge on any atom is 0.333 e. The molecule has 0 saturated carbocycles. The molecule has 52 heavy (non-hydrogen) atoms. The first-order valence-corrected chi connectivity index (χ1v) is 16.2. The molecule has 18 nitrogen and oxygen atoms in total. The van der Waals surface area contributed by atoms with Gasteiger partial charge in [-0.15, -0.1) is 5.06 Å². The largest absolute Gasteiger partial charge is 0.507 e. The number of fused-ring (bicyclic) bond motifs is 3. The normalized spacial score (nSPS) is 25.3. The van der Waals surface area contributed by atoms with Crippen LogP contribution in [0.5, 0.6) is 17.2 Å². The molecule has 2 aliphatic carbocycles. The predicted molar refractivity (Wildman–Crippen MR) is 168 cm³/mol. The summed E-state index contributed by atoms with van der Waals surface area (Å²) in [5.74, 6) is -7.41. The average molecular weight is 727 g/mol. The molecule has 3 amide bonds. The molecule has 18 heteroatoms. The molecule has 2 fully saturated rings. The first-order chi connectivity index (χ1) is 24.7. The summed E-state index contributed by atoms with van der Waals surface area (Å²) in [6.07, 6.45) is -6.83. The van der Waals surface area contributed by atoms with Crippen molar-refractivity contribution in [2.45, 2.75) is 75.1 Å². The van der Waals surface area contributed by atoms with E-state index in [1.807, 2.05) is 0 Å². The molecule has 2 aliphatic heterocycles. The fourth-order valence-corrected chi connectivity index (χ4v) is 6.88. The number of Topliss-reactive ketones (excluding diaryl/α,β-unsaturated/α-hetero) is 1. The van der Waals surface area contributed by atoms with Gasteiger partial charge in [-0.05, 0) is 6.07 Å². The van der Waals surface area contributed by atoms with Crippen molar-refractivity contribution in [1.29, 1.82) is 0 Å². The van der Waals surface area contributed by atoms with Crippen molar-refractivity contribution >= 4 is 41.0 Å². The molecule has 2 aromatic rings. The van der Waals surface area contributed by atoms with Gasteiger partial charge >= 0.3 is 5.97 Å². The fourth-order valence-electron chi connectivity index (χ4n) is 6.88. The maximum absolute atomic E-state index is 13.8. The van der Waals surface area contributed by atoms with Crippen LogP contribution in [0, 0.1) is 0 Å². The average Bonchev–Trinajstić information content (AvgIpc) is 3.43. The fraction of sp³-hybridized carbons (Fsp3) is 0.441. The third-order valence-corrected chi connectivity index (χ3v) is 9.52. The Morgan fingerprint density at radius 3 is 2.37 bits per heavy atom. The molecule has 2 heterocycles. The number of aromatic hydroxyl groups is 2. The summed E-state index contributed by atoms with van der Waals surface area (Å²) in [5.41, 5.74) is -4.32. The Morgan fingerprint density at radius 1 is 1.00 bits per heavy atom. The van der Waals surface area contributed by atoms with Crippen molar-refractivity contribution in [2.75, 3.05) is 20.3 Å². The lowest BCUT2D eigenvalue weighted by molar-refractivity contribution is -0.225. The Morgan fingerprint density at radius 2 is 1.69 bits per heavy atom. The molecule has 2 aromatic carbocycles. The topological polar surface area (TPSA) is 273 Å². The number of benzene rings is 2. The minimum atomic E-state index is -2.38. The zero-order valence-corrected chi connectivity index (χ0v) is 27.6. The first kappa shape index (κ1) is 36.5. The highest BCUT2D eigenvalue weighted by atomic mass is 16.7. The molecule has 6 rings (SSSR count). The third-order valence-electron chi connectivity index (χ3n) is 9.52. The lowest BCUT2D eigenvalue weighted by atomic mass is 9.72. The van der Waals surface area contributed by atoms with Gasteiger partial charge < -0.3 is 49.9 Å². The molecular formula is C34H34N2O16. The smallest absolute Gasteiger partial charge is 0.333 e. The van der Waals surface area contributed by atoms with Crippen molar-refractivity contribution < 1.29 is 78.1 Å². The molecule has 1 unspecified atom stereocenters. The minimum absolute atomic E-state index is 0.0322. The third kappa shape index (κ3) is 6.39. The number of aliphatic hydroxyl groups excluding tert-OH is 2. The second-order valence-corrected chi connectivity index (χ2v) is 12.8. The Bertz CT molecular complexity index is 1890. The van der Waals surface area contributed by atoms with E-state index >= 15 is 0 Å². The number of hydroxylamine groups is 2. The number of nitrogens with one attached hydrogen (secondary N) is 1. The molecule has 0 aromatic heterocycles. The van der Waals surface area contributed by atoms with Crippen LogP contribution in [-0.4, -0.2) is 116 Å². The van der Waals surface area contributed by atoms with Gasteiger partial charge in [0.25, 0.3) is 11.8 Å². The van der Waals surface area contributed by atoms with Gasteiger partial charge in [0, 0.05) is 55.2 Å². The van der Waals surface area contributed by atoms with Crippen LogP contribution in [0.1, 0.15) is 87.6 Å². The highest BCUT2D eigenvalue weighted by Gasteiger charge is 2.50. The zero-order valence-electron chi connectivity index (χ0n) is 27.6. The SMILES string of the molecule is COc1cccc2c1C(=O)c1c(O)c3c(c(O)c1C2=O)C[C@@](O)(C(=O)CO)C[C@@H]3OC1C[C@H](NC(=O)CCC(=O)ON2C(=O)CCC2=O)[C@H](O)CO1. The second-order valence-electron chi connectivity index (χ2n) is 12.8. The number of amides is 3. The van der Waals surface area contributed by atoms with Crippen molar-refractivity contribution in [1.82, 2.24) is 10.4 Å². The van der Waals surface area contributed by atoms with E-state index in [0.29, 0.717) is 5.06 Å². The number of carbonyl (C=O) groups excluding carboxylic acids is 7. The minimum Gasteiger partial charge on any atom is -0.507 e. The van der Waals surface area contributed by atoms with E-state index in [2.05, 4.69) is 5.32 Å². The van der Waals surface area contributed by atoms with Gasteiger partial charge in [-0.2, -0.15) is 0 Å². The lowest BCUT2D eigenvalue weighted by Crippen LogP contribution is -2.52. The van der Waals surface area contributed by atoms with Gasteiger partial charge in [0.05, 0.1) is 55.1 Å². The van der Waals surface area contributed by atoms with Crippen molar-refractivity contribution in [3.05, 3.63) is 51.6 Å². The van der Waals surface area contributed by atoms with E-state index in [9.17, 15) is 59.1 Å². The molecule has 6 N–H and O–H groups in total. The molecule has 0 radical (unpaired) electrons. The van der Waals surface area contributed by atoms with Crippen molar-refractivity contribution in [3.8, 4) is 17.2 Å². The van der Waals surface area contributed by atoms with Gasteiger partial charge in [0.15, 0.2) is 17.9 Å². The molecule has 5 atom stereocenters. The van der Waals surface area contributed by atoms with Crippen LogP contribution in [0.4, 0.5) is 0 Å². The number of imide groups is 1. The Balaban J connectivity index is 1.24. The molecule has 0 spiro atoms. The zero-order chi connectivity index (χ0) is 37.6. The number of nitrogens with zero attached hydrogens (tertiary/aromatic N) is 1. The van der Waals surface area contributed by atoms with E-state index in [0.717, 1.165) is 0 Å². The van der Waals surface area contributed by atoms with Crippen LogP contribution in [0.15, 0.2) is 18.2 Å². The summed E-state index contributed by atoms with van der Waals surface area (Å²) in [6, 6.07) is 3.19. The van der Waals surface area contributed by atoms with E-state index in [4.69, 9.17) is 19.0 Å². The molecule has 2 saturated heterocycles. The van der Waals surface area contributed by atoms with Crippen LogP contribution in [-0.2, 0) is 44.7 Å². The van der Waals surface area contributed by atoms with Crippen LogP contribution in [0.25, 0.3) is 0 Å². The van der Waals surface area contributed by atoms with Gasteiger partial charge in [0.2, 0.25) is 11.7 Å². The summed E-state index contributed by atoms with van der Waals surface area (Å²) in [4.78, 5) is 93.2. The second kappa shape index (κ2) is 14.0. The number of carbonyl (C=O) groups is 7. The summed E-state index contributed by atoms with van der Waals surface area (Å²) in [5, 5.41) is 57.7. The number of aliphatic hydroxyl groups is 3. The summed E-state index contributed by atoms with van der Waals surface area (Å²) in [6.45, 7) is -1.51. The van der Waals surface area contributed by atoms with Crippen LogP contribution < -0.4 is 10.1 Å². The number of ketones is 3. The van der Waals surface area contributed by atoms with Gasteiger partial charge in [0.1, 0.15) is 29.5 Å². The number of phenolic OH excluding ortho intramolecular Hbond substituents is 2. The van der Waals surface area contributed by atoms with E-state index in [1.165, 1.54) is 25.3 Å². The number of ether oxygens (including phenoxy) is 3. The standard InChI is InChI=1S/C34H34N2O16/c1-49-18-4-2-3-14-26(18)32(46)29-28(30(14)44)31(45)15-10-34(48,20(39)12-37)11-19(27(15)33(29)47)51-25-9-16(17(38)13-50-25)35-21(40)5-8-24(43)52-36-22(41)6-7-23(36)42/h2-4,16-17,19,25,37-38,45,47-48H,5-13H2,1H3,(H,35,40)/t16-,17+,19-,25?,34-/m0/s1. The number of hydrogen-bond acceptors (Lipinski definition) is 16. The van der Waals surface area contributed by atoms with Gasteiger partial charge in [-0.25, -0.2) is 4.79 Å². The number of hydrogen-bond donors (Lipinski definition) is 6. The number of rotatable bonds is 10. The van der Waals surface area contributed by atoms with Crippen molar-refractivity contribution in [3.63, 3.8) is 0 Å². The molecule has 0 bridgehead atoms. The van der Waals surface area contributed by atoms with Gasteiger partial charge in [-0.3, -0.25) is 28.8 Å². The summed E-state index contributed by atoms with van der Waals surface area (Å²) >= 11 is 0. The molecule has 4 aliphatic rings. The van der Waals surface area contributed by atoms with E-state index in [-0.39, 0.29) is 47.3 Å². The maximum atomic E-state index is 13.8. The summed E-state index contributed by atoms with van der Waals surface area (Å²) < 4.78 is 17.0. The van der Waals surface area contributed by atoms with E-state index < -0.39 is 133 Å². The highest BCUT2D eigenvalue weighted by Crippen LogP contribution is 2.52. The predicted octanol–water partition coefficient (Wildman–Crippen LogP) is -0.842. The number of phenols is 2. The Kier molecular flexibility index (Phi) is 9.86. The van der Waals surface area contributed by atoms with Crippen molar-refractivity contribution in [2.24, 2.45) is 0 Å². The Hall–Kier alpha value is -5.27. The lowest BCUT2D eigenvalue weighted by Gasteiger charge is -2.41. The molecule has 276 valence electrons. The van der Waals surface area contributed by atoms with Crippen LogP contribution in [0.2, 0.25) is 0 Å². The molecular weight excluding hydrogens is 692 g/mol. The van der Waals surface area contributed by atoms with E-state index in [1.54, 1.807) is 0 Å². The van der Waals surface area contributed by atoms with Gasteiger partial charge in [-0.1, -0.05) is 12.1 Å². The summed E-state index contributed by atoms with van der Waals surface area (Å²) in [7, 11) is 1.28. The highest BCUT2D eigenvalue weighted by molar-refractivity contribution is 6.31. The number of methoxy groups -OCH3 is 1. The van der Waals surface area contributed by atoms with Crippen LogP contribution >= 0.6 is 0 Å². The quantitative estimate of drug-likeness (QED) is 0.110. The Labute approximate surface area is 293 Å². The van der Waals surface area contributed by atoms with Crippen LogP contribution in [0.3, 0.4) is 0 Å².